The van der Waals surface area contributed by atoms with Crippen LogP contribution in [-0.4, -0.2) is 21.1 Å². The third kappa shape index (κ3) is 3.37. The molecule has 0 spiro atoms. The molecule has 0 unspecified atom stereocenters. The van der Waals surface area contributed by atoms with Crippen LogP contribution in [0, 0.1) is 0 Å². The molecule has 6 rings (SSSR count). The van der Waals surface area contributed by atoms with Crippen LogP contribution in [0.15, 0.2) is 121 Å². The maximum atomic E-state index is 5.40. The second-order valence-electron chi connectivity index (χ2n) is 8.12. The van der Waals surface area contributed by atoms with Crippen LogP contribution < -0.4 is 4.74 Å². The molecule has 0 N–H and O–H groups in total. The Labute approximate surface area is 198 Å². The summed E-state index contributed by atoms with van der Waals surface area (Å²) in [4.78, 5) is 5.22. The molecule has 0 atom stereocenters. The van der Waals surface area contributed by atoms with Gasteiger partial charge < -0.3 is 4.74 Å². The molecule has 0 fully saturated rings. The molecule has 164 valence electrons. The van der Waals surface area contributed by atoms with Gasteiger partial charge in [-0.3, -0.25) is 8.97 Å². The molecule has 0 saturated carbocycles. The molecule has 0 amide bonds. The second-order valence-corrected chi connectivity index (χ2v) is 8.12. The predicted octanol–water partition coefficient (Wildman–Crippen LogP) is 7.13. The molecule has 2 heterocycles. The highest BCUT2D eigenvalue weighted by Gasteiger charge is 2.22. The van der Waals surface area contributed by atoms with Gasteiger partial charge in [0.25, 0.3) is 0 Å². The molecule has 4 aromatic carbocycles. The zero-order valence-corrected chi connectivity index (χ0v) is 18.8. The summed E-state index contributed by atoms with van der Waals surface area (Å²) in [6.45, 7) is 0. The first-order chi connectivity index (χ1) is 16.8. The lowest BCUT2D eigenvalue weighted by atomic mass is 10.0. The van der Waals surface area contributed by atoms with Gasteiger partial charge in [0.15, 0.2) is 0 Å². The van der Waals surface area contributed by atoms with Gasteiger partial charge in [0.1, 0.15) is 5.75 Å². The molecule has 2 aromatic heterocycles. The van der Waals surface area contributed by atoms with Crippen molar-refractivity contribution in [3.63, 3.8) is 0 Å². The van der Waals surface area contributed by atoms with Crippen molar-refractivity contribution in [1.82, 2.24) is 14.0 Å². The predicted molar refractivity (Wildman–Crippen MR) is 137 cm³/mol. The summed E-state index contributed by atoms with van der Waals surface area (Å²) in [5.41, 5.74) is 7.48. The summed E-state index contributed by atoms with van der Waals surface area (Å²) < 4.78 is 9.83. The molecule has 0 radical (unpaired) electrons. The zero-order chi connectivity index (χ0) is 22.9. The van der Waals surface area contributed by atoms with E-state index in [0.29, 0.717) is 0 Å². The van der Waals surface area contributed by atoms with Gasteiger partial charge in [0.05, 0.1) is 24.2 Å². The lowest BCUT2D eigenvalue weighted by Crippen LogP contribution is -1.98. The molecule has 0 aliphatic heterocycles. The second kappa shape index (κ2) is 8.41. The van der Waals surface area contributed by atoms with E-state index in [1.807, 2.05) is 30.3 Å². The molecular weight excluding hydrogens is 418 g/mol. The van der Waals surface area contributed by atoms with Gasteiger partial charge in [-0.15, -0.1) is 0 Å². The van der Waals surface area contributed by atoms with E-state index < -0.39 is 0 Å². The molecule has 4 nitrogen and oxygen atoms in total. The fraction of sp³-hybridized carbons (Fsp3) is 0.0333. The number of nitrogens with zero attached hydrogens (tertiary/aromatic N) is 3. The molecule has 0 saturated heterocycles. The molecule has 0 aliphatic rings. The highest BCUT2D eigenvalue weighted by atomic mass is 16.5. The van der Waals surface area contributed by atoms with Crippen molar-refractivity contribution in [3.05, 3.63) is 121 Å². The topological polar surface area (TPSA) is 31.5 Å². The largest absolute Gasteiger partial charge is 0.497 e. The van der Waals surface area contributed by atoms with E-state index in [2.05, 4.69) is 100 Å². The Kier molecular flexibility index (Phi) is 4.96. The molecule has 4 heteroatoms. The number of ether oxygens (including phenoxy) is 1. The Morgan fingerprint density at radius 1 is 0.618 bits per heavy atom. The summed E-state index contributed by atoms with van der Waals surface area (Å²) in [7, 11) is 1.69. The fourth-order valence-corrected chi connectivity index (χ4v) is 4.46. The summed E-state index contributed by atoms with van der Waals surface area (Å²) in [6, 6.07) is 39.4. The van der Waals surface area contributed by atoms with Crippen molar-refractivity contribution in [2.45, 2.75) is 0 Å². The van der Waals surface area contributed by atoms with Crippen molar-refractivity contribution in [2.75, 3.05) is 7.11 Å². The van der Waals surface area contributed by atoms with Crippen LogP contribution in [0.2, 0.25) is 0 Å². The van der Waals surface area contributed by atoms with E-state index >= 15 is 0 Å². The van der Waals surface area contributed by atoms with Gasteiger partial charge in [0.2, 0.25) is 5.78 Å². The monoisotopic (exact) mass is 441 g/mol. The van der Waals surface area contributed by atoms with Crippen LogP contribution in [-0.2, 0) is 0 Å². The average molecular weight is 442 g/mol. The van der Waals surface area contributed by atoms with Crippen molar-refractivity contribution in [2.24, 2.45) is 0 Å². The third-order valence-electron chi connectivity index (χ3n) is 6.08. The number of aromatic nitrogens is 3. The smallest absolute Gasteiger partial charge is 0.220 e. The summed E-state index contributed by atoms with van der Waals surface area (Å²) in [6.07, 6.45) is 2.19. The van der Waals surface area contributed by atoms with Crippen LogP contribution in [0.4, 0.5) is 0 Å². The van der Waals surface area contributed by atoms with E-state index in [9.17, 15) is 0 Å². The van der Waals surface area contributed by atoms with Crippen molar-refractivity contribution < 1.29 is 4.74 Å². The first-order valence-electron chi connectivity index (χ1n) is 11.3. The number of rotatable bonds is 5. The van der Waals surface area contributed by atoms with Crippen molar-refractivity contribution in [1.29, 1.82) is 0 Å². The lowest BCUT2D eigenvalue weighted by Gasteiger charge is -2.10. The SMILES string of the molecule is COc1ccc(-n2c(-c3ccccc3)cn3c(-c4ccccc4)c(-c4ccccc4)nc23)cc1. The van der Waals surface area contributed by atoms with E-state index in [1.165, 1.54) is 0 Å². The molecular formula is C30H23N3O. The van der Waals surface area contributed by atoms with Gasteiger partial charge in [-0.25, -0.2) is 4.98 Å². The molecule has 0 bridgehead atoms. The molecule has 34 heavy (non-hydrogen) atoms. The number of benzene rings is 4. The van der Waals surface area contributed by atoms with Crippen molar-refractivity contribution >= 4 is 5.78 Å². The number of hydrogen-bond acceptors (Lipinski definition) is 2. The van der Waals surface area contributed by atoms with Crippen LogP contribution in [0.1, 0.15) is 0 Å². The Morgan fingerprint density at radius 2 is 1.18 bits per heavy atom. The van der Waals surface area contributed by atoms with Crippen LogP contribution in [0.3, 0.4) is 0 Å². The number of fused-ring (bicyclic) bond motifs is 1. The minimum atomic E-state index is 0.825. The van der Waals surface area contributed by atoms with E-state index in [0.717, 1.165) is 51.0 Å². The highest BCUT2D eigenvalue weighted by molar-refractivity contribution is 5.83. The Morgan fingerprint density at radius 3 is 1.76 bits per heavy atom. The summed E-state index contributed by atoms with van der Waals surface area (Å²) >= 11 is 0. The average Bonchev–Trinajstić information content (AvgIpc) is 3.47. The first-order valence-corrected chi connectivity index (χ1v) is 11.3. The Hall–Kier alpha value is -4.57. The summed E-state index contributed by atoms with van der Waals surface area (Å²) in [5, 5.41) is 0. The van der Waals surface area contributed by atoms with Gasteiger partial charge in [-0.1, -0.05) is 91.0 Å². The maximum absolute atomic E-state index is 5.40. The summed E-state index contributed by atoms with van der Waals surface area (Å²) in [5.74, 6) is 1.69. The Bertz CT molecular complexity index is 1550. The first kappa shape index (κ1) is 20.1. The maximum Gasteiger partial charge on any atom is 0.220 e. The van der Waals surface area contributed by atoms with E-state index in [4.69, 9.17) is 9.72 Å². The molecule has 6 aromatic rings. The van der Waals surface area contributed by atoms with Crippen LogP contribution >= 0.6 is 0 Å². The highest BCUT2D eigenvalue weighted by Crippen LogP contribution is 2.37. The van der Waals surface area contributed by atoms with Gasteiger partial charge in [-0.2, -0.15) is 0 Å². The number of methoxy groups -OCH3 is 1. The van der Waals surface area contributed by atoms with Gasteiger partial charge >= 0.3 is 0 Å². The fourth-order valence-electron chi connectivity index (χ4n) is 4.46. The number of hydrogen-bond donors (Lipinski definition) is 0. The zero-order valence-electron chi connectivity index (χ0n) is 18.8. The number of imidazole rings is 2. The van der Waals surface area contributed by atoms with Gasteiger partial charge in [0, 0.05) is 28.6 Å². The van der Waals surface area contributed by atoms with Crippen LogP contribution in [0.25, 0.3) is 45.2 Å². The van der Waals surface area contributed by atoms with Crippen molar-refractivity contribution in [3.8, 4) is 45.2 Å². The van der Waals surface area contributed by atoms with E-state index in [-0.39, 0.29) is 0 Å². The Balaban J connectivity index is 1.70. The standard InChI is InChI=1S/C30H23N3O/c1-34-26-19-17-25(18-20-26)33-27(22-11-5-2-6-12-22)21-32-29(24-15-9-4-10-16-24)28(31-30(32)33)23-13-7-3-8-14-23/h2-21H,1H3. The normalized spacial score (nSPS) is 11.1. The minimum absolute atomic E-state index is 0.825. The lowest BCUT2D eigenvalue weighted by molar-refractivity contribution is 0.415. The molecule has 0 aliphatic carbocycles. The van der Waals surface area contributed by atoms with Gasteiger partial charge in [-0.05, 0) is 24.3 Å². The van der Waals surface area contributed by atoms with E-state index in [1.54, 1.807) is 7.11 Å². The quantitative estimate of drug-likeness (QED) is 0.285. The van der Waals surface area contributed by atoms with Crippen LogP contribution in [0.5, 0.6) is 5.75 Å². The minimum Gasteiger partial charge on any atom is -0.497 e. The third-order valence-corrected chi connectivity index (χ3v) is 6.08.